The quantitative estimate of drug-likeness (QED) is 0.378. The number of nitrogens with zero attached hydrogens (tertiary/aromatic N) is 2. The molecule has 0 aliphatic heterocycles. The van der Waals surface area contributed by atoms with Crippen LogP contribution in [0.5, 0.6) is 0 Å². The molecule has 0 radical (unpaired) electrons. The number of nitrogens with two attached hydrogens (primary N) is 1. The molecule has 3 atom stereocenters. The fourth-order valence-electron chi connectivity index (χ4n) is 1.81. The molecule has 134 valence electrons. The van der Waals surface area contributed by atoms with Crippen molar-refractivity contribution in [3.63, 3.8) is 0 Å². The van der Waals surface area contributed by atoms with Crippen LogP contribution >= 0.6 is 0 Å². The van der Waals surface area contributed by atoms with Gasteiger partial charge in [-0.05, 0) is 20.3 Å². The van der Waals surface area contributed by atoms with Crippen LogP contribution in [0.1, 0.15) is 44.4 Å². The highest BCUT2D eigenvalue weighted by atomic mass is 16.5. The van der Waals surface area contributed by atoms with Crippen LogP contribution in [0.25, 0.3) is 0 Å². The number of aliphatic hydroxyl groups is 1. The van der Waals surface area contributed by atoms with E-state index in [9.17, 15) is 19.5 Å². The van der Waals surface area contributed by atoms with E-state index in [0.29, 0.717) is 0 Å². The van der Waals surface area contributed by atoms with Crippen LogP contribution in [0.15, 0.2) is 4.52 Å². The summed E-state index contributed by atoms with van der Waals surface area (Å²) >= 11 is 0. The number of carbonyl (C=O) groups excluding carboxylic acids is 2. The van der Waals surface area contributed by atoms with Gasteiger partial charge in [0.05, 0.1) is 18.7 Å². The number of nitrogens with one attached hydrogen (secondary N) is 2. The van der Waals surface area contributed by atoms with Crippen LogP contribution in [-0.2, 0) is 16.1 Å². The molecule has 1 unspecified atom stereocenters. The number of Topliss-reactive ketones (excluding diaryl/α,β-unsaturated/α-hetero) is 1. The smallest absolute Gasteiger partial charge is 0.315 e. The maximum absolute atomic E-state index is 11.7. The highest BCUT2D eigenvalue weighted by molar-refractivity contribution is 5.87. The number of hydrogen-bond donors (Lipinski definition) is 5. The Morgan fingerprint density at radius 1 is 1.38 bits per heavy atom. The number of aromatic nitrogens is 2. The predicted octanol–water partition coefficient (Wildman–Crippen LogP) is -0.928. The standard InChI is InChI=1S/C13H21N5O6/c1-6(19)11(7(2)20)17-13(23)15-5-9-16-12(18-24-9)8(14)3-4-10(21)22/h6,8,11,19H,3-5,14H2,1-2H3,(H,21,22)(H2,15,17,23)/t6?,8-,11-/m0/s1. The lowest BCUT2D eigenvalue weighted by atomic mass is 10.1. The Bertz CT molecular complexity index is 587. The average molecular weight is 343 g/mol. The first kappa shape index (κ1) is 19.5. The third-order valence-electron chi connectivity index (χ3n) is 3.09. The minimum atomic E-state index is -1.03. The number of aliphatic hydroxyl groups excluding tert-OH is 1. The lowest BCUT2D eigenvalue weighted by molar-refractivity contribution is -0.137. The number of amides is 2. The molecule has 11 nitrogen and oxygen atoms in total. The van der Waals surface area contributed by atoms with E-state index < -0.39 is 30.2 Å². The van der Waals surface area contributed by atoms with Crippen molar-refractivity contribution >= 4 is 17.8 Å². The molecule has 0 aliphatic rings. The summed E-state index contributed by atoms with van der Waals surface area (Å²) in [4.78, 5) is 37.4. The van der Waals surface area contributed by atoms with Crippen LogP contribution in [0.2, 0.25) is 0 Å². The Morgan fingerprint density at radius 3 is 2.58 bits per heavy atom. The van der Waals surface area contributed by atoms with Gasteiger partial charge >= 0.3 is 12.0 Å². The SMILES string of the molecule is CC(=O)[C@@H](NC(=O)NCc1nc([C@@H](N)CCC(=O)O)no1)C(C)O. The first-order valence-corrected chi connectivity index (χ1v) is 7.23. The van der Waals surface area contributed by atoms with Crippen molar-refractivity contribution < 1.29 is 29.1 Å². The van der Waals surface area contributed by atoms with Gasteiger partial charge in [-0.15, -0.1) is 0 Å². The molecule has 11 heteroatoms. The summed E-state index contributed by atoms with van der Waals surface area (Å²) in [6, 6.07) is -2.40. The molecule has 0 spiro atoms. The molecule has 1 heterocycles. The normalized spacial score (nSPS) is 14.5. The second-order valence-electron chi connectivity index (χ2n) is 5.24. The van der Waals surface area contributed by atoms with Crippen molar-refractivity contribution in [2.24, 2.45) is 5.73 Å². The molecule has 0 fully saturated rings. The van der Waals surface area contributed by atoms with Crippen LogP contribution in [-0.4, -0.2) is 50.3 Å². The number of carboxylic acids is 1. The Kier molecular flexibility index (Phi) is 7.27. The highest BCUT2D eigenvalue weighted by Gasteiger charge is 2.22. The van der Waals surface area contributed by atoms with Gasteiger partial charge in [-0.25, -0.2) is 4.79 Å². The van der Waals surface area contributed by atoms with Crippen molar-refractivity contribution in [2.45, 2.75) is 51.4 Å². The van der Waals surface area contributed by atoms with E-state index in [1.165, 1.54) is 13.8 Å². The van der Waals surface area contributed by atoms with E-state index in [0.717, 1.165) is 0 Å². The minimum absolute atomic E-state index is 0.0716. The molecular formula is C13H21N5O6. The van der Waals surface area contributed by atoms with Crippen molar-refractivity contribution in [3.8, 4) is 0 Å². The second kappa shape index (κ2) is 8.93. The second-order valence-corrected chi connectivity index (χ2v) is 5.24. The van der Waals surface area contributed by atoms with Crippen molar-refractivity contribution in [2.75, 3.05) is 0 Å². The van der Waals surface area contributed by atoms with Gasteiger partial charge in [0.25, 0.3) is 0 Å². The third kappa shape index (κ3) is 6.30. The van der Waals surface area contributed by atoms with Crippen LogP contribution < -0.4 is 16.4 Å². The maximum atomic E-state index is 11.7. The molecule has 1 aromatic rings. The van der Waals surface area contributed by atoms with E-state index in [1.54, 1.807) is 0 Å². The Labute approximate surface area is 137 Å². The molecule has 0 bridgehead atoms. The van der Waals surface area contributed by atoms with Crippen molar-refractivity contribution in [1.29, 1.82) is 0 Å². The Balaban J connectivity index is 2.49. The van der Waals surface area contributed by atoms with Crippen LogP contribution in [0, 0.1) is 0 Å². The number of carbonyl (C=O) groups is 3. The molecule has 1 rings (SSSR count). The topological polar surface area (TPSA) is 181 Å². The molecule has 2 amide bonds. The Hall–Kier alpha value is -2.53. The Morgan fingerprint density at radius 2 is 2.04 bits per heavy atom. The summed E-state index contributed by atoms with van der Waals surface area (Å²) in [7, 11) is 0. The lowest BCUT2D eigenvalue weighted by Crippen LogP contribution is -2.50. The van der Waals surface area contributed by atoms with Crippen molar-refractivity contribution in [3.05, 3.63) is 11.7 Å². The summed E-state index contributed by atoms with van der Waals surface area (Å²) < 4.78 is 4.90. The minimum Gasteiger partial charge on any atom is -0.481 e. The van der Waals surface area contributed by atoms with Gasteiger partial charge in [-0.2, -0.15) is 4.98 Å². The molecule has 0 saturated carbocycles. The average Bonchev–Trinajstić information content (AvgIpc) is 2.96. The molecule has 0 aromatic carbocycles. The number of aliphatic carboxylic acids is 1. The zero-order chi connectivity index (χ0) is 18.3. The van der Waals surface area contributed by atoms with E-state index in [4.69, 9.17) is 15.4 Å². The predicted molar refractivity (Wildman–Crippen MR) is 79.6 cm³/mol. The molecule has 6 N–H and O–H groups in total. The number of ketones is 1. The van der Waals surface area contributed by atoms with E-state index in [2.05, 4.69) is 20.8 Å². The van der Waals surface area contributed by atoms with Gasteiger partial charge in [0.1, 0.15) is 6.04 Å². The molecule has 24 heavy (non-hydrogen) atoms. The molecule has 1 aromatic heterocycles. The summed E-state index contributed by atoms with van der Waals surface area (Å²) in [6.07, 6.45) is -1.01. The van der Waals surface area contributed by atoms with Gasteiger partial charge in [0.2, 0.25) is 5.89 Å². The zero-order valence-corrected chi connectivity index (χ0v) is 13.4. The van der Waals surface area contributed by atoms with E-state index in [-0.39, 0.29) is 36.9 Å². The van der Waals surface area contributed by atoms with Gasteiger partial charge in [-0.1, -0.05) is 5.16 Å². The van der Waals surface area contributed by atoms with Gasteiger partial charge in [0, 0.05) is 6.42 Å². The maximum Gasteiger partial charge on any atom is 0.315 e. The number of hydrogen-bond acceptors (Lipinski definition) is 8. The first-order valence-electron chi connectivity index (χ1n) is 7.23. The summed E-state index contributed by atoms with van der Waals surface area (Å²) in [5, 5.41) is 26.3. The summed E-state index contributed by atoms with van der Waals surface area (Å²) in [5.41, 5.74) is 5.73. The molecular weight excluding hydrogens is 322 g/mol. The van der Waals surface area contributed by atoms with Crippen molar-refractivity contribution in [1.82, 2.24) is 20.8 Å². The van der Waals surface area contributed by atoms with E-state index in [1.807, 2.05) is 0 Å². The zero-order valence-electron chi connectivity index (χ0n) is 13.4. The monoisotopic (exact) mass is 343 g/mol. The number of rotatable bonds is 9. The fourth-order valence-corrected chi connectivity index (χ4v) is 1.81. The number of urea groups is 1. The number of carboxylic acid groups (broad SMARTS) is 1. The van der Waals surface area contributed by atoms with Gasteiger partial charge in [0.15, 0.2) is 11.6 Å². The first-order chi connectivity index (χ1) is 11.2. The summed E-state index contributed by atoms with van der Waals surface area (Å²) in [6.45, 7) is 2.52. The molecule has 0 aliphatic carbocycles. The largest absolute Gasteiger partial charge is 0.481 e. The molecule has 0 saturated heterocycles. The highest BCUT2D eigenvalue weighted by Crippen LogP contribution is 2.12. The van der Waals surface area contributed by atoms with Gasteiger partial charge in [-0.3, -0.25) is 9.59 Å². The van der Waals surface area contributed by atoms with E-state index >= 15 is 0 Å². The van der Waals surface area contributed by atoms with Crippen LogP contribution in [0.4, 0.5) is 4.79 Å². The summed E-state index contributed by atoms with van der Waals surface area (Å²) in [5.74, 6) is -1.16. The van der Waals surface area contributed by atoms with Crippen LogP contribution in [0.3, 0.4) is 0 Å². The van der Waals surface area contributed by atoms with Gasteiger partial charge < -0.3 is 31.1 Å². The lowest BCUT2D eigenvalue weighted by Gasteiger charge is -2.18. The third-order valence-corrected chi connectivity index (χ3v) is 3.09. The fraction of sp³-hybridized carbons (Fsp3) is 0.615.